The van der Waals surface area contributed by atoms with E-state index in [0.717, 1.165) is 16.5 Å². The molecule has 0 spiro atoms. The van der Waals surface area contributed by atoms with Crippen molar-refractivity contribution in [3.05, 3.63) is 59.9 Å². The first-order chi connectivity index (χ1) is 12.2. The maximum absolute atomic E-state index is 13.0. The van der Waals surface area contributed by atoms with Crippen LogP contribution in [0.4, 0.5) is 4.39 Å². The summed E-state index contributed by atoms with van der Waals surface area (Å²) in [6.07, 6.45) is 0. The van der Waals surface area contributed by atoms with E-state index in [0.29, 0.717) is 23.7 Å². The molecule has 0 saturated heterocycles. The zero-order valence-electron chi connectivity index (χ0n) is 13.5. The van der Waals surface area contributed by atoms with Crippen molar-refractivity contribution < 1.29 is 9.13 Å². The van der Waals surface area contributed by atoms with Gasteiger partial charge in [-0.05, 0) is 48.5 Å². The van der Waals surface area contributed by atoms with E-state index in [9.17, 15) is 4.39 Å². The number of hydrogen-bond acceptors (Lipinski definition) is 5. The fourth-order valence-corrected chi connectivity index (χ4v) is 2.94. The summed E-state index contributed by atoms with van der Waals surface area (Å²) in [6, 6.07) is 15.2. The molecule has 5 nitrogen and oxygen atoms in total. The van der Waals surface area contributed by atoms with Gasteiger partial charge < -0.3 is 9.30 Å². The molecule has 0 N–H and O–H groups in total. The van der Waals surface area contributed by atoms with E-state index < -0.39 is 0 Å². The number of benzene rings is 2. The van der Waals surface area contributed by atoms with Crippen LogP contribution in [0.25, 0.3) is 11.4 Å². The third-order valence-corrected chi connectivity index (χ3v) is 4.49. The monoisotopic (exact) mass is 354 g/mol. The maximum atomic E-state index is 13.0. The predicted molar refractivity (Wildman–Crippen MR) is 93.8 cm³/mol. The van der Waals surface area contributed by atoms with Crippen molar-refractivity contribution in [2.24, 2.45) is 7.05 Å². The minimum atomic E-state index is -0.277. The molecule has 0 radical (unpaired) electrons. The van der Waals surface area contributed by atoms with Crippen LogP contribution in [-0.2, 0) is 7.05 Å². The molecule has 1 heterocycles. The molecule has 3 aromatic rings. The molecule has 1 aromatic heterocycles. The molecule has 2 aromatic carbocycles. The lowest BCUT2D eigenvalue weighted by atomic mass is 10.2. The first kappa shape index (κ1) is 17.0. The van der Waals surface area contributed by atoms with Crippen LogP contribution in [0.3, 0.4) is 0 Å². The lowest BCUT2D eigenvalue weighted by Gasteiger charge is -2.06. The van der Waals surface area contributed by atoms with Gasteiger partial charge in [0.05, 0.1) is 18.2 Å². The van der Waals surface area contributed by atoms with Crippen molar-refractivity contribution in [3.63, 3.8) is 0 Å². The molecule has 0 bridgehead atoms. The van der Waals surface area contributed by atoms with Gasteiger partial charge in [0.15, 0.2) is 11.0 Å². The second kappa shape index (κ2) is 7.81. The molecule has 0 fully saturated rings. The molecular weight excluding hydrogens is 339 g/mol. The van der Waals surface area contributed by atoms with Gasteiger partial charge >= 0.3 is 0 Å². The summed E-state index contributed by atoms with van der Waals surface area (Å²) in [5.74, 6) is 1.84. The van der Waals surface area contributed by atoms with Crippen LogP contribution in [0.15, 0.2) is 53.7 Å². The topological polar surface area (TPSA) is 63.7 Å². The van der Waals surface area contributed by atoms with Crippen molar-refractivity contribution in [1.82, 2.24) is 14.8 Å². The van der Waals surface area contributed by atoms with E-state index in [1.807, 2.05) is 11.6 Å². The predicted octanol–water partition coefficient (Wildman–Crippen LogP) is 3.66. The highest BCUT2D eigenvalue weighted by molar-refractivity contribution is 7.99. The highest BCUT2D eigenvalue weighted by Crippen LogP contribution is 2.23. The Balaban J connectivity index is 1.55. The summed E-state index contributed by atoms with van der Waals surface area (Å²) in [5.41, 5.74) is 1.42. The number of ether oxygens (including phenoxy) is 1. The number of nitrogens with zero attached hydrogens (tertiary/aromatic N) is 4. The molecule has 126 valence electrons. The molecule has 0 aliphatic heterocycles. The SMILES string of the molecule is Cn1c(SCCOc2ccc(C#N)cc2)nnc1-c1ccc(F)cc1. The van der Waals surface area contributed by atoms with E-state index in [1.54, 1.807) is 36.4 Å². The Bertz CT molecular complexity index is 885. The highest BCUT2D eigenvalue weighted by Gasteiger charge is 2.11. The normalized spacial score (nSPS) is 10.4. The fourth-order valence-electron chi connectivity index (χ4n) is 2.21. The van der Waals surface area contributed by atoms with Crippen LogP contribution >= 0.6 is 11.8 Å². The van der Waals surface area contributed by atoms with Crippen LogP contribution in [0.1, 0.15) is 5.56 Å². The summed E-state index contributed by atoms with van der Waals surface area (Å²) >= 11 is 1.53. The number of thioether (sulfide) groups is 1. The van der Waals surface area contributed by atoms with Crippen LogP contribution < -0.4 is 4.74 Å². The minimum Gasteiger partial charge on any atom is -0.493 e. The van der Waals surface area contributed by atoms with Gasteiger partial charge in [0.2, 0.25) is 0 Å². The Kier molecular flexibility index (Phi) is 5.31. The Labute approximate surface area is 149 Å². The molecule has 0 aliphatic carbocycles. The van der Waals surface area contributed by atoms with Gasteiger partial charge in [-0.15, -0.1) is 10.2 Å². The molecule has 0 saturated carbocycles. The van der Waals surface area contributed by atoms with E-state index in [2.05, 4.69) is 16.3 Å². The second-order valence-corrected chi connectivity index (χ2v) is 6.27. The zero-order valence-corrected chi connectivity index (χ0v) is 14.3. The standard InChI is InChI=1S/C18H15FN4OS/c1-23-17(14-4-6-15(19)7-5-14)21-22-18(23)25-11-10-24-16-8-2-13(12-20)3-9-16/h2-9H,10-11H2,1H3. The Morgan fingerprint density at radius 2 is 1.84 bits per heavy atom. The average Bonchev–Trinajstić information content (AvgIpc) is 3.01. The van der Waals surface area contributed by atoms with E-state index in [4.69, 9.17) is 10.00 Å². The van der Waals surface area contributed by atoms with Crippen molar-refractivity contribution in [2.45, 2.75) is 5.16 Å². The minimum absolute atomic E-state index is 0.277. The Morgan fingerprint density at radius 1 is 1.12 bits per heavy atom. The number of rotatable bonds is 6. The first-order valence-corrected chi connectivity index (χ1v) is 8.57. The molecule has 7 heteroatoms. The maximum Gasteiger partial charge on any atom is 0.191 e. The van der Waals surface area contributed by atoms with E-state index in [1.165, 1.54) is 23.9 Å². The van der Waals surface area contributed by atoms with Crippen LogP contribution in [-0.4, -0.2) is 27.1 Å². The number of nitriles is 1. The highest BCUT2D eigenvalue weighted by atomic mass is 32.2. The molecule has 0 amide bonds. The third kappa shape index (κ3) is 4.17. The number of hydrogen-bond donors (Lipinski definition) is 0. The summed E-state index contributed by atoms with van der Waals surface area (Å²) in [7, 11) is 1.88. The molecule has 0 atom stereocenters. The largest absolute Gasteiger partial charge is 0.493 e. The first-order valence-electron chi connectivity index (χ1n) is 7.58. The quantitative estimate of drug-likeness (QED) is 0.499. The van der Waals surface area contributed by atoms with Gasteiger partial charge in [-0.25, -0.2) is 4.39 Å². The molecule has 0 unspecified atom stereocenters. The van der Waals surface area contributed by atoms with Gasteiger partial charge in [-0.2, -0.15) is 5.26 Å². The Hall–Kier alpha value is -2.85. The number of halogens is 1. The van der Waals surface area contributed by atoms with Gasteiger partial charge in [0.1, 0.15) is 11.6 Å². The van der Waals surface area contributed by atoms with Gasteiger partial charge in [0.25, 0.3) is 0 Å². The second-order valence-electron chi connectivity index (χ2n) is 5.21. The lowest BCUT2D eigenvalue weighted by Crippen LogP contribution is -2.02. The van der Waals surface area contributed by atoms with Crippen molar-refractivity contribution in [1.29, 1.82) is 5.26 Å². The average molecular weight is 354 g/mol. The van der Waals surface area contributed by atoms with Gasteiger partial charge in [0, 0.05) is 18.4 Å². The molecule has 25 heavy (non-hydrogen) atoms. The van der Waals surface area contributed by atoms with Crippen LogP contribution in [0.2, 0.25) is 0 Å². The smallest absolute Gasteiger partial charge is 0.191 e. The van der Waals surface area contributed by atoms with Crippen molar-refractivity contribution in [2.75, 3.05) is 12.4 Å². The van der Waals surface area contributed by atoms with Gasteiger partial charge in [-0.3, -0.25) is 0 Å². The zero-order chi connectivity index (χ0) is 17.6. The van der Waals surface area contributed by atoms with Crippen molar-refractivity contribution >= 4 is 11.8 Å². The van der Waals surface area contributed by atoms with Gasteiger partial charge in [-0.1, -0.05) is 11.8 Å². The summed E-state index contributed by atoms with van der Waals surface area (Å²) in [4.78, 5) is 0. The molecule has 0 aliphatic rings. The fraction of sp³-hybridized carbons (Fsp3) is 0.167. The lowest BCUT2D eigenvalue weighted by molar-refractivity contribution is 0.344. The summed E-state index contributed by atoms with van der Waals surface area (Å²) < 4.78 is 20.5. The Morgan fingerprint density at radius 3 is 2.52 bits per heavy atom. The summed E-state index contributed by atoms with van der Waals surface area (Å²) in [5, 5.41) is 17.9. The van der Waals surface area contributed by atoms with Crippen LogP contribution in [0, 0.1) is 17.1 Å². The van der Waals surface area contributed by atoms with Crippen LogP contribution in [0.5, 0.6) is 5.75 Å². The third-order valence-electron chi connectivity index (χ3n) is 3.50. The van der Waals surface area contributed by atoms with E-state index >= 15 is 0 Å². The molecular formula is C18H15FN4OS. The van der Waals surface area contributed by atoms with Crippen molar-refractivity contribution in [3.8, 4) is 23.2 Å². The van der Waals surface area contributed by atoms with E-state index in [-0.39, 0.29) is 5.82 Å². The summed E-state index contributed by atoms with van der Waals surface area (Å²) in [6.45, 7) is 0.509. The molecule has 3 rings (SSSR count). The number of aromatic nitrogens is 3.